The minimum Gasteiger partial charge on any atom is -0.480 e. The Bertz CT molecular complexity index is 1050. The van der Waals surface area contributed by atoms with E-state index in [9.17, 15) is 9.90 Å². The van der Waals surface area contributed by atoms with Gasteiger partial charge in [0.15, 0.2) is 0 Å². The number of aromatic amines is 1. The number of halogens is 3. The average Bonchev–Trinajstić information content (AvgIpc) is 3.08. The Hall–Kier alpha value is -1.57. The van der Waals surface area contributed by atoms with Crippen molar-refractivity contribution >= 4 is 56.0 Å². The maximum Gasteiger partial charge on any atom is 0.325 e. The Morgan fingerprint density at radius 3 is 2.59 bits per heavy atom. The predicted molar refractivity (Wildman–Crippen MR) is 120 cm³/mol. The second kappa shape index (κ2) is 8.66. The lowest BCUT2D eigenvalue weighted by Crippen LogP contribution is -2.48. The number of fused-ring (bicyclic) bond motifs is 1. The van der Waals surface area contributed by atoms with E-state index in [0.29, 0.717) is 23.1 Å². The number of carboxylic acids is 1. The quantitative estimate of drug-likeness (QED) is 0.510. The second-order valence-electron chi connectivity index (χ2n) is 7.22. The fraction of sp³-hybridized carbons (Fsp3) is 0.286. The van der Waals surface area contributed by atoms with Gasteiger partial charge in [-0.1, -0.05) is 45.2 Å². The van der Waals surface area contributed by atoms with Crippen molar-refractivity contribution in [1.29, 1.82) is 0 Å². The third-order valence-corrected chi connectivity index (χ3v) is 6.47. The first-order valence-corrected chi connectivity index (χ1v) is 10.9. The topological polar surface area (TPSA) is 59.6 Å². The SMILES string of the molecule is O=C(O)C(c1c[nH]c2ccc(Br)cc12)N1CCN(Cc2ccc(Cl)cc2Cl)CC1. The van der Waals surface area contributed by atoms with E-state index in [2.05, 4.69) is 25.8 Å². The number of nitrogens with one attached hydrogen (secondary N) is 1. The number of H-pyrrole nitrogens is 1. The van der Waals surface area contributed by atoms with E-state index in [1.807, 2.05) is 41.4 Å². The molecule has 0 saturated carbocycles. The zero-order chi connectivity index (χ0) is 20.5. The number of hydrogen-bond acceptors (Lipinski definition) is 3. The molecule has 0 aliphatic carbocycles. The van der Waals surface area contributed by atoms with Crippen LogP contribution < -0.4 is 0 Å². The molecule has 1 fully saturated rings. The minimum atomic E-state index is -0.833. The summed E-state index contributed by atoms with van der Waals surface area (Å²) in [5.41, 5.74) is 2.76. The van der Waals surface area contributed by atoms with E-state index in [0.717, 1.165) is 46.1 Å². The van der Waals surface area contributed by atoms with Gasteiger partial charge in [0.05, 0.1) is 0 Å². The summed E-state index contributed by atoms with van der Waals surface area (Å²) >= 11 is 15.8. The number of carboxylic acid groups (broad SMARTS) is 1. The van der Waals surface area contributed by atoms with Crippen LogP contribution in [0.15, 0.2) is 47.1 Å². The monoisotopic (exact) mass is 495 g/mol. The Labute approximate surface area is 187 Å². The summed E-state index contributed by atoms with van der Waals surface area (Å²) < 4.78 is 0.930. The van der Waals surface area contributed by atoms with Gasteiger partial charge in [0.25, 0.3) is 0 Å². The van der Waals surface area contributed by atoms with Crippen LogP contribution in [0.25, 0.3) is 10.9 Å². The molecule has 1 aliphatic heterocycles. The van der Waals surface area contributed by atoms with Crippen LogP contribution in [-0.2, 0) is 11.3 Å². The van der Waals surface area contributed by atoms with Gasteiger partial charge >= 0.3 is 5.97 Å². The number of rotatable bonds is 5. The van der Waals surface area contributed by atoms with Crippen molar-refractivity contribution in [2.45, 2.75) is 12.6 Å². The summed E-state index contributed by atoms with van der Waals surface area (Å²) in [6, 6.07) is 10.7. The molecule has 2 aromatic carbocycles. The van der Waals surface area contributed by atoms with Crippen molar-refractivity contribution in [3.05, 3.63) is 68.2 Å². The average molecular weight is 497 g/mol. The molecule has 2 N–H and O–H groups in total. The summed E-state index contributed by atoms with van der Waals surface area (Å²) in [5, 5.41) is 12.2. The standard InChI is InChI=1S/C21H20BrCl2N3O2/c22-14-2-4-19-16(9-14)17(11-25-19)20(21(28)29)27-7-5-26(6-8-27)12-13-1-3-15(23)10-18(13)24/h1-4,9-11,20,25H,5-8,12H2,(H,28,29). The van der Waals surface area contributed by atoms with Crippen LogP contribution in [0.1, 0.15) is 17.2 Å². The Morgan fingerprint density at radius 1 is 1.14 bits per heavy atom. The molecule has 0 radical (unpaired) electrons. The molecule has 0 spiro atoms. The summed E-state index contributed by atoms with van der Waals surface area (Å²) in [6.45, 7) is 3.61. The van der Waals surface area contributed by atoms with Crippen molar-refractivity contribution < 1.29 is 9.90 Å². The molecular weight excluding hydrogens is 477 g/mol. The maximum atomic E-state index is 12.2. The highest BCUT2D eigenvalue weighted by molar-refractivity contribution is 9.10. The molecule has 0 bridgehead atoms. The smallest absolute Gasteiger partial charge is 0.325 e. The van der Waals surface area contributed by atoms with Crippen molar-refractivity contribution in [1.82, 2.24) is 14.8 Å². The Balaban J connectivity index is 1.49. The summed E-state index contributed by atoms with van der Waals surface area (Å²) in [4.78, 5) is 19.7. The highest BCUT2D eigenvalue weighted by atomic mass is 79.9. The Morgan fingerprint density at radius 2 is 1.90 bits per heavy atom. The molecule has 1 aromatic heterocycles. The van der Waals surface area contributed by atoms with Gasteiger partial charge in [-0.25, -0.2) is 0 Å². The molecule has 1 aliphatic rings. The fourth-order valence-corrected chi connectivity index (χ4v) is 4.73. The van der Waals surface area contributed by atoms with Crippen molar-refractivity contribution in [3.8, 4) is 0 Å². The number of piperazine rings is 1. The zero-order valence-electron chi connectivity index (χ0n) is 15.5. The van der Waals surface area contributed by atoms with Crippen LogP contribution in [0, 0.1) is 0 Å². The molecular formula is C21H20BrCl2N3O2. The highest BCUT2D eigenvalue weighted by Crippen LogP contribution is 2.31. The predicted octanol–water partition coefficient (Wildman–Crippen LogP) is 5.18. The van der Waals surface area contributed by atoms with Gasteiger partial charge < -0.3 is 10.1 Å². The molecule has 3 aromatic rings. The molecule has 29 heavy (non-hydrogen) atoms. The third kappa shape index (κ3) is 4.47. The summed E-state index contributed by atoms with van der Waals surface area (Å²) in [7, 11) is 0. The van der Waals surface area contributed by atoms with Crippen LogP contribution in [0.3, 0.4) is 0 Å². The first-order valence-electron chi connectivity index (χ1n) is 9.32. The lowest BCUT2D eigenvalue weighted by atomic mass is 10.0. The van der Waals surface area contributed by atoms with Gasteiger partial charge in [-0.05, 0) is 35.9 Å². The van der Waals surface area contributed by atoms with Gasteiger partial charge in [-0.2, -0.15) is 0 Å². The van der Waals surface area contributed by atoms with Crippen LogP contribution >= 0.6 is 39.1 Å². The number of benzene rings is 2. The molecule has 5 nitrogen and oxygen atoms in total. The molecule has 8 heteroatoms. The zero-order valence-corrected chi connectivity index (χ0v) is 18.6. The number of carbonyl (C=O) groups is 1. The highest BCUT2D eigenvalue weighted by Gasteiger charge is 2.32. The molecule has 152 valence electrons. The fourth-order valence-electron chi connectivity index (χ4n) is 3.90. The molecule has 1 unspecified atom stereocenters. The first kappa shape index (κ1) is 20.7. The third-order valence-electron chi connectivity index (χ3n) is 5.39. The number of aromatic nitrogens is 1. The van der Waals surface area contributed by atoms with E-state index in [-0.39, 0.29) is 0 Å². The lowest BCUT2D eigenvalue weighted by molar-refractivity contribution is -0.144. The molecule has 0 amide bonds. The first-order chi connectivity index (χ1) is 13.9. The van der Waals surface area contributed by atoms with E-state index in [4.69, 9.17) is 23.2 Å². The molecule has 1 atom stereocenters. The maximum absolute atomic E-state index is 12.2. The molecule has 4 rings (SSSR count). The van der Waals surface area contributed by atoms with E-state index < -0.39 is 12.0 Å². The molecule has 2 heterocycles. The number of nitrogens with zero attached hydrogens (tertiary/aromatic N) is 2. The van der Waals surface area contributed by atoms with E-state index in [1.54, 1.807) is 6.07 Å². The van der Waals surface area contributed by atoms with Crippen LogP contribution in [0.4, 0.5) is 0 Å². The van der Waals surface area contributed by atoms with Crippen molar-refractivity contribution in [3.63, 3.8) is 0 Å². The normalized spacial score (nSPS) is 16.9. The summed E-state index contributed by atoms with van der Waals surface area (Å²) in [6.07, 6.45) is 1.82. The van der Waals surface area contributed by atoms with Gasteiger partial charge in [0.1, 0.15) is 6.04 Å². The lowest BCUT2D eigenvalue weighted by Gasteiger charge is -2.37. The van der Waals surface area contributed by atoms with Crippen LogP contribution in [0.5, 0.6) is 0 Å². The minimum absolute atomic E-state index is 0.623. The van der Waals surface area contributed by atoms with Gasteiger partial charge in [-0.3, -0.25) is 14.6 Å². The van der Waals surface area contributed by atoms with E-state index in [1.165, 1.54) is 0 Å². The van der Waals surface area contributed by atoms with Crippen LogP contribution in [-0.4, -0.2) is 52.0 Å². The van der Waals surface area contributed by atoms with Gasteiger partial charge in [0.2, 0.25) is 0 Å². The van der Waals surface area contributed by atoms with Crippen LogP contribution in [0.2, 0.25) is 10.0 Å². The van der Waals surface area contributed by atoms with Crippen molar-refractivity contribution in [2.75, 3.05) is 26.2 Å². The largest absolute Gasteiger partial charge is 0.480 e. The van der Waals surface area contributed by atoms with Gasteiger partial charge in [0, 0.05) is 69.9 Å². The number of aliphatic carboxylic acids is 1. The molecule has 1 saturated heterocycles. The Kier molecular flexibility index (Phi) is 6.18. The van der Waals surface area contributed by atoms with E-state index >= 15 is 0 Å². The summed E-state index contributed by atoms with van der Waals surface area (Å²) in [5.74, 6) is -0.833. The van der Waals surface area contributed by atoms with Gasteiger partial charge in [-0.15, -0.1) is 0 Å². The van der Waals surface area contributed by atoms with Crippen molar-refractivity contribution in [2.24, 2.45) is 0 Å². The second-order valence-corrected chi connectivity index (χ2v) is 8.98. The number of hydrogen-bond donors (Lipinski definition) is 2.